The standard InChI is InChI=1S/C16H17IN2O2/c1-11-8-13(17)4-7-15(11)19-9-12-2-5-14(6-3-12)21-10-16(18)20/h2-8,19H,9-10H2,1H3,(H2,18,20). The molecular weight excluding hydrogens is 379 g/mol. The number of hydrogen-bond donors (Lipinski definition) is 2. The molecule has 3 N–H and O–H groups in total. The van der Waals surface area contributed by atoms with Crippen LogP contribution in [-0.4, -0.2) is 12.5 Å². The molecule has 0 spiro atoms. The van der Waals surface area contributed by atoms with Crippen molar-refractivity contribution in [3.05, 3.63) is 57.2 Å². The summed E-state index contributed by atoms with van der Waals surface area (Å²) in [6, 6.07) is 13.9. The third-order valence-corrected chi connectivity index (χ3v) is 3.65. The Hall–Kier alpha value is -1.76. The molecule has 0 aliphatic rings. The summed E-state index contributed by atoms with van der Waals surface area (Å²) in [5, 5.41) is 3.41. The highest BCUT2D eigenvalue weighted by molar-refractivity contribution is 14.1. The first kappa shape index (κ1) is 15.6. The molecule has 0 aliphatic carbocycles. The molecule has 0 saturated heterocycles. The van der Waals surface area contributed by atoms with E-state index in [9.17, 15) is 4.79 Å². The molecular formula is C16H17IN2O2. The van der Waals surface area contributed by atoms with Crippen LogP contribution in [-0.2, 0) is 11.3 Å². The first-order chi connectivity index (χ1) is 10.0. The van der Waals surface area contributed by atoms with Gasteiger partial charge in [0.2, 0.25) is 0 Å². The Morgan fingerprint density at radius 3 is 2.57 bits per heavy atom. The van der Waals surface area contributed by atoms with Gasteiger partial charge in [0.1, 0.15) is 5.75 Å². The highest BCUT2D eigenvalue weighted by Gasteiger charge is 2.01. The number of amides is 1. The van der Waals surface area contributed by atoms with E-state index in [1.54, 1.807) is 0 Å². The number of aryl methyl sites for hydroxylation is 1. The molecule has 2 aromatic carbocycles. The number of carbonyl (C=O) groups excluding carboxylic acids is 1. The van der Waals surface area contributed by atoms with E-state index < -0.39 is 5.91 Å². The molecule has 0 aliphatic heterocycles. The minimum atomic E-state index is -0.477. The van der Waals surface area contributed by atoms with Gasteiger partial charge in [0.25, 0.3) is 5.91 Å². The summed E-state index contributed by atoms with van der Waals surface area (Å²) in [5.41, 5.74) is 8.53. The lowest BCUT2D eigenvalue weighted by atomic mass is 10.1. The number of ether oxygens (including phenoxy) is 1. The van der Waals surface area contributed by atoms with Crippen LogP contribution in [0.4, 0.5) is 5.69 Å². The number of primary amides is 1. The Balaban J connectivity index is 1.92. The maximum absolute atomic E-state index is 10.6. The average molecular weight is 396 g/mol. The van der Waals surface area contributed by atoms with Crippen LogP contribution in [0, 0.1) is 10.5 Å². The van der Waals surface area contributed by atoms with E-state index in [4.69, 9.17) is 10.5 Å². The SMILES string of the molecule is Cc1cc(I)ccc1NCc1ccc(OCC(N)=O)cc1. The smallest absolute Gasteiger partial charge is 0.255 e. The maximum Gasteiger partial charge on any atom is 0.255 e. The predicted molar refractivity (Wildman–Crippen MR) is 92.4 cm³/mol. The number of nitrogens with two attached hydrogens (primary N) is 1. The Morgan fingerprint density at radius 1 is 1.24 bits per heavy atom. The average Bonchev–Trinajstić information content (AvgIpc) is 2.45. The Kier molecular flexibility index (Phi) is 5.44. The van der Waals surface area contributed by atoms with Gasteiger partial charge in [0, 0.05) is 15.8 Å². The molecule has 0 radical (unpaired) electrons. The minimum absolute atomic E-state index is 0.0978. The Labute approximate surface area is 137 Å². The molecule has 0 bridgehead atoms. The number of hydrogen-bond acceptors (Lipinski definition) is 3. The largest absolute Gasteiger partial charge is 0.484 e. The van der Waals surface area contributed by atoms with Gasteiger partial charge in [-0.2, -0.15) is 0 Å². The molecule has 2 rings (SSSR count). The molecule has 0 atom stereocenters. The topological polar surface area (TPSA) is 64.3 Å². The third kappa shape index (κ3) is 4.93. The van der Waals surface area contributed by atoms with Gasteiger partial charge in [-0.05, 0) is 71.0 Å². The molecule has 0 unspecified atom stereocenters. The van der Waals surface area contributed by atoms with Crippen molar-refractivity contribution in [3.63, 3.8) is 0 Å². The van der Waals surface area contributed by atoms with Crippen LogP contribution in [0.5, 0.6) is 5.75 Å². The summed E-state index contributed by atoms with van der Waals surface area (Å²) < 4.78 is 6.45. The van der Waals surface area contributed by atoms with Gasteiger partial charge in [0.05, 0.1) is 0 Å². The van der Waals surface area contributed by atoms with Crippen LogP contribution in [0.25, 0.3) is 0 Å². The van der Waals surface area contributed by atoms with Crippen molar-refractivity contribution in [3.8, 4) is 5.75 Å². The monoisotopic (exact) mass is 396 g/mol. The van der Waals surface area contributed by atoms with Gasteiger partial charge >= 0.3 is 0 Å². The first-order valence-electron chi connectivity index (χ1n) is 6.54. The molecule has 0 aromatic heterocycles. The zero-order chi connectivity index (χ0) is 15.2. The fourth-order valence-corrected chi connectivity index (χ4v) is 2.53. The van der Waals surface area contributed by atoms with E-state index in [2.05, 4.69) is 53.0 Å². The number of nitrogens with one attached hydrogen (secondary N) is 1. The van der Waals surface area contributed by atoms with Crippen LogP contribution in [0.3, 0.4) is 0 Å². The van der Waals surface area contributed by atoms with E-state index in [1.807, 2.05) is 24.3 Å². The van der Waals surface area contributed by atoms with Gasteiger partial charge in [0.15, 0.2) is 6.61 Å². The summed E-state index contributed by atoms with van der Waals surface area (Å²) in [7, 11) is 0. The van der Waals surface area contributed by atoms with E-state index in [1.165, 1.54) is 9.13 Å². The van der Waals surface area contributed by atoms with E-state index in [-0.39, 0.29) is 6.61 Å². The fraction of sp³-hybridized carbons (Fsp3) is 0.188. The lowest BCUT2D eigenvalue weighted by molar-refractivity contribution is -0.119. The van der Waals surface area contributed by atoms with Crippen molar-refractivity contribution in [1.82, 2.24) is 0 Å². The second-order valence-electron chi connectivity index (χ2n) is 4.71. The van der Waals surface area contributed by atoms with E-state index in [0.717, 1.165) is 17.8 Å². The van der Waals surface area contributed by atoms with Crippen LogP contribution < -0.4 is 15.8 Å². The summed E-state index contributed by atoms with van der Waals surface area (Å²) >= 11 is 2.30. The summed E-state index contributed by atoms with van der Waals surface area (Å²) in [6.45, 7) is 2.72. The summed E-state index contributed by atoms with van der Waals surface area (Å²) in [4.78, 5) is 10.6. The number of rotatable bonds is 6. The van der Waals surface area contributed by atoms with Crippen molar-refractivity contribution in [2.24, 2.45) is 5.73 Å². The Bertz CT molecular complexity index is 627. The van der Waals surface area contributed by atoms with E-state index >= 15 is 0 Å². The lowest BCUT2D eigenvalue weighted by Crippen LogP contribution is -2.19. The number of anilines is 1. The number of halogens is 1. The van der Waals surface area contributed by atoms with Crippen molar-refractivity contribution in [2.75, 3.05) is 11.9 Å². The molecule has 0 saturated carbocycles. The quantitative estimate of drug-likeness (QED) is 0.738. The molecule has 110 valence electrons. The lowest BCUT2D eigenvalue weighted by Gasteiger charge is -2.10. The molecule has 1 amide bonds. The van der Waals surface area contributed by atoms with Gasteiger partial charge in [-0.3, -0.25) is 4.79 Å². The van der Waals surface area contributed by atoms with Crippen LogP contribution in [0.1, 0.15) is 11.1 Å². The van der Waals surface area contributed by atoms with Crippen molar-refractivity contribution < 1.29 is 9.53 Å². The number of carbonyl (C=O) groups is 1. The van der Waals surface area contributed by atoms with Crippen molar-refractivity contribution >= 4 is 34.2 Å². The third-order valence-electron chi connectivity index (χ3n) is 2.98. The predicted octanol–water partition coefficient (Wildman–Crippen LogP) is 3.08. The van der Waals surface area contributed by atoms with Crippen molar-refractivity contribution in [1.29, 1.82) is 0 Å². The Morgan fingerprint density at radius 2 is 1.95 bits per heavy atom. The zero-order valence-corrected chi connectivity index (χ0v) is 13.9. The molecule has 5 heteroatoms. The second-order valence-corrected chi connectivity index (χ2v) is 5.96. The number of benzene rings is 2. The summed E-state index contributed by atoms with van der Waals surface area (Å²) in [5.74, 6) is 0.165. The minimum Gasteiger partial charge on any atom is -0.484 e. The van der Waals surface area contributed by atoms with Crippen LogP contribution in [0.15, 0.2) is 42.5 Å². The highest BCUT2D eigenvalue weighted by atomic mass is 127. The normalized spacial score (nSPS) is 10.2. The van der Waals surface area contributed by atoms with Crippen molar-refractivity contribution in [2.45, 2.75) is 13.5 Å². The maximum atomic E-state index is 10.6. The van der Waals surface area contributed by atoms with Gasteiger partial charge in [-0.15, -0.1) is 0 Å². The molecule has 0 heterocycles. The van der Waals surface area contributed by atoms with Crippen LogP contribution >= 0.6 is 22.6 Å². The molecule has 4 nitrogen and oxygen atoms in total. The van der Waals surface area contributed by atoms with Gasteiger partial charge in [-0.1, -0.05) is 12.1 Å². The summed E-state index contributed by atoms with van der Waals surface area (Å²) in [6.07, 6.45) is 0. The second kappa shape index (κ2) is 7.31. The molecule has 0 fully saturated rings. The first-order valence-corrected chi connectivity index (χ1v) is 7.62. The van der Waals surface area contributed by atoms with E-state index in [0.29, 0.717) is 5.75 Å². The fourth-order valence-electron chi connectivity index (χ4n) is 1.88. The molecule has 21 heavy (non-hydrogen) atoms. The van der Waals surface area contributed by atoms with Gasteiger partial charge in [-0.25, -0.2) is 0 Å². The van der Waals surface area contributed by atoms with Crippen LogP contribution in [0.2, 0.25) is 0 Å². The molecule has 2 aromatic rings. The zero-order valence-electron chi connectivity index (χ0n) is 11.7. The highest BCUT2D eigenvalue weighted by Crippen LogP contribution is 2.19. The van der Waals surface area contributed by atoms with Gasteiger partial charge < -0.3 is 15.8 Å².